The van der Waals surface area contributed by atoms with Gasteiger partial charge in [-0.2, -0.15) is 4.98 Å². The van der Waals surface area contributed by atoms with Gasteiger partial charge in [-0.25, -0.2) is 9.50 Å². The van der Waals surface area contributed by atoms with Crippen LogP contribution in [-0.4, -0.2) is 31.7 Å². The maximum atomic E-state index is 12.8. The molecular formula is C20H25N5OS. The number of fused-ring (bicyclic) bond motifs is 1. The van der Waals surface area contributed by atoms with Gasteiger partial charge in [-0.05, 0) is 44.1 Å². The van der Waals surface area contributed by atoms with Gasteiger partial charge in [0.05, 0.1) is 6.42 Å². The molecule has 0 saturated heterocycles. The Morgan fingerprint density at radius 2 is 1.96 bits per heavy atom. The van der Waals surface area contributed by atoms with E-state index in [1.807, 2.05) is 39.2 Å². The quantitative estimate of drug-likeness (QED) is 0.672. The lowest BCUT2D eigenvalue weighted by Crippen LogP contribution is -2.19. The Morgan fingerprint density at radius 3 is 2.63 bits per heavy atom. The van der Waals surface area contributed by atoms with E-state index in [0.717, 1.165) is 33.8 Å². The summed E-state index contributed by atoms with van der Waals surface area (Å²) >= 11 is 1.47. The van der Waals surface area contributed by atoms with Gasteiger partial charge in [0.15, 0.2) is 0 Å². The third kappa shape index (κ3) is 3.83. The predicted octanol–water partition coefficient (Wildman–Crippen LogP) is 4.08. The molecular weight excluding hydrogens is 358 g/mol. The molecule has 2 aromatic heterocycles. The molecule has 0 radical (unpaired) electrons. The number of hydrogen-bond donors (Lipinski definition) is 1. The van der Waals surface area contributed by atoms with Gasteiger partial charge in [0, 0.05) is 22.6 Å². The number of carbonyl (C=O) groups is 1. The SMILES string of the molecule is CSc1nc2nc(C)c(CC(=O)Nc3c(C)cccc3C(C)C)c(C)n2n1. The molecule has 1 N–H and O–H groups in total. The summed E-state index contributed by atoms with van der Waals surface area (Å²) in [5.74, 6) is 0.852. The lowest BCUT2D eigenvalue weighted by molar-refractivity contribution is -0.115. The predicted molar refractivity (Wildman–Crippen MR) is 110 cm³/mol. The van der Waals surface area contributed by atoms with E-state index in [9.17, 15) is 4.79 Å². The molecule has 0 fully saturated rings. The van der Waals surface area contributed by atoms with Gasteiger partial charge in [0.25, 0.3) is 5.78 Å². The molecule has 0 atom stereocenters. The van der Waals surface area contributed by atoms with Crippen LogP contribution in [0.1, 0.15) is 47.8 Å². The largest absolute Gasteiger partial charge is 0.325 e. The zero-order valence-electron chi connectivity index (χ0n) is 16.6. The number of aryl methyl sites for hydroxylation is 3. The van der Waals surface area contributed by atoms with E-state index in [1.165, 1.54) is 11.8 Å². The second-order valence-corrected chi connectivity index (χ2v) is 7.76. The van der Waals surface area contributed by atoms with Crippen molar-refractivity contribution < 1.29 is 4.79 Å². The van der Waals surface area contributed by atoms with Crippen LogP contribution in [0, 0.1) is 20.8 Å². The Labute approximate surface area is 163 Å². The Morgan fingerprint density at radius 1 is 1.22 bits per heavy atom. The Hall–Kier alpha value is -2.41. The second-order valence-electron chi connectivity index (χ2n) is 6.99. The Kier molecular flexibility index (Phi) is 5.51. The summed E-state index contributed by atoms with van der Waals surface area (Å²) in [7, 11) is 0. The fraction of sp³-hybridized carbons (Fsp3) is 0.400. The summed E-state index contributed by atoms with van der Waals surface area (Å²) in [6.07, 6.45) is 2.18. The summed E-state index contributed by atoms with van der Waals surface area (Å²) in [5.41, 5.74) is 5.71. The van der Waals surface area contributed by atoms with Crippen LogP contribution in [0.25, 0.3) is 5.78 Å². The fourth-order valence-electron chi connectivity index (χ4n) is 3.22. The van der Waals surface area contributed by atoms with Gasteiger partial charge in [0.2, 0.25) is 11.1 Å². The van der Waals surface area contributed by atoms with E-state index in [-0.39, 0.29) is 12.3 Å². The van der Waals surface area contributed by atoms with Crippen LogP contribution in [0.5, 0.6) is 0 Å². The summed E-state index contributed by atoms with van der Waals surface area (Å²) in [5, 5.41) is 8.24. The lowest BCUT2D eigenvalue weighted by Gasteiger charge is -2.17. The molecule has 0 spiro atoms. The minimum atomic E-state index is -0.0521. The third-order valence-electron chi connectivity index (χ3n) is 4.74. The highest BCUT2D eigenvalue weighted by atomic mass is 32.2. The van der Waals surface area contributed by atoms with Crippen LogP contribution in [0.15, 0.2) is 23.4 Å². The number of rotatable bonds is 5. The van der Waals surface area contributed by atoms with E-state index >= 15 is 0 Å². The topological polar surface area (TPSA) is 72.2 Å². The van der Waals surface area contributed by atoms with Crippen molar-refractivity contribution in [3.8, 4) is 0 Å². The molecule has 6 nitrogen and oxygen atoms in total. The van der Waals surface area contributed by atoms with Crippen LogP contribution in [-0.2, 0) is 11.2 Å². The van der Waals surface area contributed by atoms with E-state index in [1.54, 1.807) is 4.52 Å². The number of hydrogen-bond acceptors (Lipinski definition) is 5. The van der Waals surface area contributed by atoms with E-state index < -0.39 is 0 Å². The van der Waals surface area contributed by atoms with Crippen molar-refractivity contribution in [2.45, 2.75) is 52.1 Å². The molecule has 0 aliphatic heterocycles. The van der Waals surface area contributed by atoms with Crippen molar-refractivity contribution in [3.05, 3.63) is 46.3 Å². The van der Waals surface area contributed by atoms with Crippen molar-refractivity contribution in [1.82, 2.24) is 19.6 Å². The van der Waals surface area contributed by atoms with Crippen LogP contribution < -0.4 is 5.32 Å². The van der Waals surface area contributed by atoms with Crippen molar-refractivity contribution >= 4 is 29.1 Å². The smallest absolute Gasteiger partial charge is 0.253 e. The molecule has 0 unspecified atom stereocenters. The van der Waals surface area contributed by atoms with Gasteiger partial charge < -0.3 is 5.32 Å². The average molecular weight is 384 g/mol. The van der Waals surface area contributed by atoms with Crippen LogP contribution in [0.4, 0.5) is 5.69 Å². The summed E-state index contributed by atoms with van der Waals surface area (Å²) < 4.78 is 1.72. The van der Waals surface area contributed by atoms with E-state index in [0.29, 0.717) is 16.9 Å². The zero-order valence-corrected chi connectivity index (χ0v) is 17.4. The number of carbonyl (C=O) groups excluding carboxylic acids is 1. The zero-order chi connectivity index (χ0) is 19.7. The minimum Gasteiger partial charge on any atom is -0.325 e. The Bertz CT molecular complexity index is 1010. The lowest BCUT2D eigenvalue weighted by atomic mass is 9.98. The maximum absolute atomic E-state index is 12.8. The molecule has 1 amide bonds. The highest BCUT2D eigenvalue weighted by Crippen LogP contribution is 2.27. The highest BCUT2D eigenvalue weighted by Gasteiger charge is 2.18. The van der Waals surface area contributed by atoms with Crippen molar-refractivity contribution in [1.29, 1.82) is 0 Å². The number of anilines is 1. The molecule has 7 heteroatoms. The first-order chi connectivity index (χ1) is 12.8. The third-order valence-corrected chi connectivity index (χ3v) is 5.28. The van der Waals surface area contributed by atoms with E-state index in [4.69, 9.17) is 0 Å². The number of benzene rings is 1. The molecule has 0 saturated carbocycles. The molecule has 0 bridgehead atoms. The molecule has 3 aromatic rings. The average Bonchev–Trinajstić information content (AvgIpc) is 3.03. The number of nitrogens with zero attached hydrogens (tertiary/aromatic N) is 4. The van der Waals surface area contributed by atoms with E-state index in [2.05, 4.69) is 40.3 Å². The number of aromatic nitrogens is 4. The molecule has 0 aliphatic carbocycles. The minimum absolute atomic E-state index is 0.0521. The van der Waals surface area contributed by atoms with Gasteiger partial charge in [-0.3, -0.25) is 4.79 Å². The highest BCUT2D eigenvalue weighted by molar-refractivity contribution is 7.98. The molecule has 27 heavy (non-hydrogen) atoms. The summed E-state index contributed by atoms with van der Waals surface area (Å²) in [4.78, 5) is 21.7. The second kappa shape index (κ2) is 7.68. The van der Waals surface area contributed by atoms with Gasteiger partial charge in [-0.1, -0.05) is 43.8 Å². The van der Waals surface area contributed by atoms with Crippen LogP contribution >= 0.6 is 11.8 Å². The molecule has 2 heterocycles. The monoisotopic (exact) mass is 383 g/mol. The molecule has 0 aliphatic rings. The standard InChI is InChI=1S/C20H25N5OS/c1-11(2)15-9-7-8-12(3)18(15)22-17(26)10-16-13(4)21-19-23-20(27-6)24-25(19)14(16)5/h7-9,11H,10H2,1-6H3,(H,22,26). The van der Waals surface area contributed by atoms with Crippen molar-refractivity contribution in [3.63, 3.8) is 0 Å². The van der Waals surface area contributed by atoms with Gasteiger partial charge in [0.1, 0.15) is 0 Å². The molecule has 142 valence electrons. The number of thioether (sulfide) groups is 1. The Balaban J connectivity index is 1.91. The van der Waals surface area contributed by atoms with Crippen molar-refractivity contribution in [2.75, 3.05) is 11.6 Å². The number of para-hydroxylation sites is 1. The number of amides is 1. The normalized spacial score (nSPS) is 11.4. The first-order valence-electron chi connectivity index (χ1n) is 8.98. The first-order valence-corrected chi connectivity index (χ1v) is 10.2. The maximum Gasteiger partial charge on any atom is 0.253 e. The van der Waals surface area contributed by atoms with Crippen molar-refractivity contribution in [2.24, 2.45) is 0 Å². The summed E-state index contributed by atoms with van der Waals surface area (Å²) in [6, 6.07) is 6.11. The summed E-state index contributed by atoms with van der Waals surface area (Å²) in [6.45, 7) is 10.1. The van der Waals surface area contributed by atoms with Gasteiger partial charge >= 0.3 is 0 Å². The molecule has 1 aromatic carbocycles. The van der Waals surface area contributed by atoms with Gasteiger partial charge in [-0.15, -0.1) is 5.10 Å². The fourth-order valence-corrected chi connectivity index (χ4v) is 3.56. The van der Waals surface area contributed by atoms with Crippen LogP contribution in [0.2, 0.25) is 0 Å². The molecule has 3 rings (SSSR count). The first kappa shape index (κ1) is 19.4. The van der Waals surface area contributed by atoms with Crippen LogP contribution in [0.3, 0.4) is 0 Å². The number of nitrogens with one attached hydrogen (secondary N) is 1.